The molecule has 8 nitrogen and oxygen atoms in total. The van der Waals surface area contributed by atoms with Crippen LogP contribution in [0.5, 0.6) is 0 Å². The molecule has 0 radical (unpaired) electrons. The Morgan fingerprint density at radius 2 is 2.00 bits per heavy atom. The van der Waals surface area contributed by atoms with Crippen molar-refractivity contribution < 1.29 is 32.0 Å². The third-order valence-electron chi connectivity index (χ3n) is 3.70. The van der Waals surface area contributed by atoms with E-state index in [9.17, 15) is 22.4 Å². The fourth-order valence-corrected chi connectivity index (χ4v) is 3.91. The maximum absolute atomic E-state index is 13.2. The summed E-state index contributed by atoms with van der Waals surface area (Å²) in [6, 6.07) is 4.86. The smallest absolute Gasteiger partial charge is 0.413 e. The number of carbonyl (C=O) groups excluding carboxylic acids is 2. The largest absolute Gasteiger partial charge is 0.453 e. The lowest BCUT2D eigenvalue weighted by atomic mass is 10.3. The van der Waals surface area contributed by atoms with Crippen LogP contribution in [-0.2, 0) is 19.6 Å². The van der Waals surface area contributed by atoms with Gasteiger partial charge >= 0.3 is 6.09 Å². The van der Waals surface area contributed by atoms with Crippen LogP contribution in [0.3, 0.4) is 0 Å². The first kappa shape index (κ1) is 18.3. The monoisotopic (exact) mass is 360 g/mol. The average molecular weight is 360 g/mol. The summed E-state index contributed by atoms with van der Waals surface area (Å²) in [6.07, 6.45) is -0.827. The van der Waals surface area contributed by atoms with Gasteiger partial charge in [-0.2, -0.15) is 4.31 Å². The van der Waals surface area contributed by atoms with Gasteiger partial charge < -0.3 is 9.64 Å². The Kier molecular flexibility index (Phi) is 5.86. The molecule has 1 aromatic carbocycles. The summed E-state index contributed by atoms with van der Waals surface area (Å²) < 4.78 is 43.8. The van der Waals surface area contributed by atoms with Crippen LogP contribution in [0, 0.1) is 5.82 Å². The summed E-state index contributed by atoms with van der Waals surface area (Å²) in [5.41, 5.74) is 0. The number of imide groups is 1. The zero-order valence-corrected chi connectivity index (χ0v) is 13.9. The first-order valence-electron chi connectivity index (χ1n) is 7.30. The van der Waals surface area contributed by atoms with Crippen LogP contribution < -0.4 is 10.2 Å². The van der Waals surface area contributed by atoms with Gasteiger partial charge in [0.15, 0.2) is 6.54 Å². The second kappa shape index (κ2) is 7.69. The Bertz CT molecular complexity index is 717. The predicted molar refractivity (Wildman–Crippen MR) is 81.3 cm³/mol. The van der Waals surface area contributed by atoms with E-state index in [0.29, 0.717) is 13.1 Å². The zero-order valence-electron chi connectivity index (χ0n) is 13.1. The number of hydrogen-bond acceptors (Lipinski definition) is 5. The molecular formula is C14H19FN3O5S+. The lowest BCUT2D eigenvalue weighted by molar-refractivity contribution is -0.895. The molecule has 24 heavy (non-hydrogen) atoms. The molecule has 0 unspecified atom stereocenters. The van der Waals surface area contributed by atoms with Crippen molar-refractivity contribution in [1.29, 1.82) is 0 Å². The molecule has 2 amide bonds. The molecule has 0 aromatic heterocycles. The van der Waals surface area contributed by atoms with Crippen molar-refractivity contribution in [3.8, 4) is 0 Å². The van der Waals surface area contributed by atoms with Crippen LogP contribution in [0.25, 0.3) is 0 Å². The lowest BCUT2D eigenvalue weighted by Crippen LogP contribution is -3.15. The van der Waals surface area contributed by atoms with E-state index >= 15 is 0 Å². The van der Waals surface area contributed by atoms with Crippen molar-refractivity contribution in [2.45, 2.75) is 4.90 Å². The molecule has 1 saturated heterocycles. The minimum atomic E-state index is -3.75. The van der Waals surface area contributed by atoms with Crippen molar-refractivity contribution in [1.82, 2.24) is 9.62 Å². The Labute approximate surface area is 139 Å². The highest BCUT2D eigenvalue weighted by Crippen LogP contribution is 2.16. The Balaban J connectivity index is 1.92. The summed E-state index contributed by atoms with van der Waals surface area (Å²) in [7, 11) is -2.60. The summed E-state index contributed by atoms with van der Waals surface area (Å²) in [6.45, 7) is 1.27. The molecule has 1 aromatic rings. The second-order valence-corrected chi connectivity index (χ2v) is 7.27. The summed E-state index contributed by atoms with van der Waals surface area (Å²) >= 11 is 0. The molecule has 1 heterocycles. The van der Waals surface area contributed by atoms with E-state index in [0.717, 1.165) is 18.1 Å². The molecule has 10 heteroatoms. The van der Waals surface area contributed by atoms with Crippen molar-refractivity contribution >= 4 is 22.0 Å². The Morgan fingerprint density at radius 3 is 2.58 bits per heavy atom. The summed E-state index contributed by atoms with van der Waals surface area (Å²) in [4.78, 5) is 23.3. The van der Waals surface area contributed by atoms with Crippen LogP contribution in [0.15, 0.2) is 29.2 Å². The average Bonchev–Trinajstić information content (AvgIpc) is 2.55. The second-order valence-electron chi connectivity index (χ2n) is 5.33. The highest BCUT2D eigenvalue weighted by Gasteiger charge is 2.31. The van der Waals surface area contributed by atoms with Crippen molar-refractivity contribution in [2.24, 2.45) is 0 Å². The third-order valence-corrected chi connectivity index (χ3v) is 5.60. The van der Waals surface area contributed by atoms with Crippen molar-refractivity contribution in [3.05, 3.63) is 30.1 Å². The van der Waals surface area contributed by atoms with E-state index in [1.54, 1.807) is 0 Å². The number of piperazine rings is 1. The molecule has 2 N–H and O–H groups in total. The number of sulfonamides is 1. The van der Waals surface area contributed by atoms with Gasteiger partial charge in [0.05, 0.1) is 38.2 Å². The number of amides is 2. The number of methoxy groups -OCH3 is 1. The molecule has 0 spiro atoms. The number of nitrogens with one attached hydrogen (secondary N) is 2. The SMILES string of the molecule is COC(=O)NC(=O)C[NH+]1CCN(S(=O)(=O)c2cccc(F)c2)CC1. The van der Waals surface area contributed by atoms with E-state index in [4.69, 9.17) is 0 Å². The fraction of sp³-hybridized carbons (Fsp3) is 0.429. The molecule has 2 rings (SSSR count). The zero-order chi connectivity index (χ0) is 17.7. The molecule has 0 bridgehead atoms. The van der Waals surface area contributed by atoms with Gasteiger partial charge in [-0.3, -0.25) is 10.1 Å². The number of nitrogens with zero attached hydrogens (tertiary/aromatic N) is 1. The standard InChI is InChI=1S/C14H18FN3O5S/c1-23-14(20)16-13(19)10-17-5-7-18(8-6-17)24(21,22)12-4-2-3-11(15)9-12/h2-4,9H,5-8,10H2,1H3,(H,16,19,20)/p+1. The van der Waals surface area contributed by atoms with Crippen LogP contribution in [0.1, 0.15) is 0 Å². The first-order valence-corrected chi connectivity index (χ1v) is 8.74. The molecule has 132 valence electrons. The number of halogens is 1. The summed E-state index contributed by atoms with van der Waals surface area (Å²) in [5.74, 6) is -1.10. The van der Waals surface area contributed by atoms with Gasteiger partial charge in [-0.05, 0) is 18.2 Å². The topological polar surface area (TPSA) is 97.2 Å². The Morgan fingerprint density at radius 1 is 1.33 bits per heavy atom. The molecule has 1 fully saturated rings. The van der Waals surface area contributed by atoms with E-state index in [-0.39, 0.29) is 24.5 Å². The third kappa shape index (κ3) is 4.49. The highest BCUT2D eigenvalue weighted by molar-refractivity contribution is 7.89. The van der Waals surface area contributed by atoms with Gasteiger partial charge in [-0.15, -0.1) is 0 Å². The Hall–Kier alpha value is -2.04. The van der Waals surface area contributed by atoms with Crippen LogP contribution in [0.4, 0.5) is 9.18 Å². The van der Waals surface area contributed by atoms with E-state index < -0.39 is 27.8 Å². The number of rotatable bonds is 4. The minimum Gasteiger partial charge on any atom is -0.453 e. The number of ether oxygens (including phenoxy) is 1. The number of benzene rings is 1. The van der Waals surface area contributed by atoms with Crippen LogP contribution in [0.2, 0.25) is 0 Å². The van der Waals surface area contributed by atoms with Crippen LogP contribution >= 0.6 is 0 Å². The van der Waals surface area contributed by atoms with E-state index in [1.807, 2.05) is 0 Å². The van der Waals surface area contributed by atoms with Gasteiger partial charge in [-0.25, -0.2) is 17.6 Å². The van der Waals surface area contributed by atoms with Crippen molar-refractivity contribution in [2.75, 3.05) is 39.8 Å². The van der Waals surface area contributed by atoms with Crippen LogP contribution in [-0.4, -0.2) is 64.6 Å². The first-order chi connectivity index (χ1) is 11.3. The summed E-state index contributed by atoms with van der Waals surface area (Å²) in [5, 5.41) is 2.06. The number of quaternary nitrogens is 1. The van der Waals surface area contributed by atoms with Gasteiger partial charge in [0.2, 0.25) is 10.0 Å². The highest BCUT2D eigenvalue weighted by atomic mass is 32.2. The maximum Gasteiger partial charge on any atom is 0.413 e. The molecule has 1 aliphatic rings. The predicted octanol–water partition coefficient (Wildman–Crippen LogP) is -1.40. The van der Waals surface area contributed by atoms with Gasteiger partial charge in [0.1, 0.15) is 5.82 Å². The van der Waals surface area contributed by atoms with Crippen molar-refractivity contribution in [3.63, 3.8) is 0 Å². The van der Waals surface area contributed by atoms with E-state index in [1.165, 1.54) is 22.5 Å². The number of carbonyl (C=O) groups is 2. The maximum atomic E-state index is 13.2. The molecule has 0 saturated carbocycles. The van der Waals surface area contributed by atoms with Gasteiger partial charge in [-0.1, -0.05) is 6.07 Å². The quantitative estimate of drug-likeness (QED) is 0.688. The lowest BCUT2D eigenvalue weighted by Gasteiger charge is -2.31. The molecular weight excluding hydrogens is 341 g/mol. The number of alkyl carbamates (subject to hydrolysis) is 1. The molecule has 0 aliphatic carbocycles. The van der Waals surface area contributed by atoms with Gasteiger partial charge in [0, 0.05) is 0 Å². The molecule has 1 aliphatic heterocycles. The minimum absolute atomic E-state index is 0.0446. The normalized spacial score (nSPS) is 16.6. The number of hydrogen-bond donors (Lipinski definition) is 2. The van der Waals surface area contributed by atoms with E-state index in [2.05, 4.69) is 10.1 Å². The fourth-order valence-electron chi connectivity index (χ4n) is 2.43. The molecule has 0 atom stereocenters. The van der Waals surface area contributed by atoms with Gasteiger partial charge in [0.25, 0.3) is 5.91 Å².